The van der Waals surface area contributed by atoms with Gasteiger partial charge in [-0.3, -0.25) is 9.69 Å². The van der Waals surface area contributed by atoms with Crippen LogP contribution in [-0.2, 0) is 23.2 Å². The molecule has 0 bridgehead atoms. The highest BCUT2D eigenvalue weighted by Gasteiger charge is 2.19. The van der Waals surface area contributed by atoms with E-state index in [0.717, 1.165) is 16.8 Å². The zero-order valence-corrected chi connectivity index (χ0v) is 16.5. The standard InChI is InChI=1S/C20H21N3O3S/c1-13-7-8-17(10-14(13)2)23(15(3)24)20-21-16(12-27-20)11-26-19(25)18-6-5-9-22(18)4/h5-10,12H,11H2,1-4H3. The van der Waals surface area contributed by atoms with Crippen molar-refractivity contribution in [2.45, 2.75) is 27.4 Å². The molecule has 7 heteroatoms. The third-order valence-electron chi connectivity index (χ3n) is 4.30. The third-order valence-corrected chi connectivity index (χ3v) is 5.17. The molecule has 0 saturated carbocycles. The number of benzene rings is 1. The Kier molecular flexibility index (Phi) is 5.41. The number of aryl methyl sites for hydroxylation is 3. The van der Waals surface area contributed by atoms with Crippen LogP contribution in [-0.4, -0.2) is 21.4 Å². The van der Waals surface area contributed by atoms with E-state index in [1.165, 1.54) is 18.3 Å². The van der Waals surface area contributed by atoms with E-state index in [2.05, 4.69) is 4.98 Å². The molecule has 0 saturated heterocycles. The summed E-state index contributed by atoms with van der Waals surface area (Å²) in [4.78, 5) is 30.4. The lowest BCUT2D eigenvalue weighted by atomic mass is 10.1. The second-order valence-corrected chi connectivity index (χ2v) is 7.16. The van der Waals surface area contributed by atoms with Crippen molar-refractivity contribution in [2.75, 3.05) is 4.90 Å². The molecule has 0 radical (unpaired) electrons. The monoisotopic (exact) mass is 383 g/mol. The number of rotatable bonds is 5. The van der Waals surface area contributed by atoms with Gasteiger partial charge in [-0.15, -0.1) is 11.3 Å². The van der Waals surface area contributed by atoms with Gasteiger partial charge < -0.3 is 9.30 Å². The van der Waals surface area contributed by atoms with Gasteiger partial charge in [0.1, 0.15) is 12.3 Å². The number of esters is 1. The minimum absolute atomic E-state index is 0.0547. The summed E-state index contributed by atoms with van der Waals surface area (Å²) in [6.07, 6.45) is 1.78. The molecule has 3 aromatic rings. The summed E-state index contributed by atoms with van der Waals surface area (Å²) >= 11 is 1.34. The van der Waals surface area contributed by atoms with Crippen molar-refractivity contribution in [3.8, 4) is 0 Å². The Balaban J connectivity index is 1.76. The summed E-state index contributed by atoms with van der Waals surface area (Å²) in [5.41, 5.74) is 4.12. The van der Waals surface area contributed by atoms with Gasteiger partial charge in [0.05, 0.1) is 11.4 Å². The highest BCUT2D eigenvalue weighted by Crippen LogP contribution is 2.30. The molecule has 140 valence electrons. The maximum atomic E-state index is 12.2. The van der Waals surface area contributed by atoms with E-state index in [1.54, 1.807) is 40.2 Å². The van der Waals surface area contributed by atoms with Crippen molar-refractivity contribution < 1.29 is 14.3 Å². The first-order valence-corrected chi connectivity index (χ1v) is 9.35. The van der Waals surface area contributed by atoms with Crippen LogP contribution in [0.5, 0.6) is 0 Å². The number of hydrogen-bond donors (Lipinski definition) is 0. The predicted octanol–water partition coefficient (Wildman–Crippen LogP) is 4.14. The van der Waals surface area contributed by atoms with Crippen molar-refractivity contribution in [2.24, 2.45) is 7.05 Å². The molecule has 3 rings (SSSR count). The SMILES string of the molecule is CC(=O)N(c1ccc(C)c(C)c1)c1nc(COC(=O)c2cccn2C)cs1. The molecule has 1 amide bonds. The second-order valence-electron chi connectivity index (χ2n) is 6.32. The largest absolute Gasteiger partial charge is 0.454 e. The van der Waals surface area contributed by atoms with E-state index in [0.29, 0.717) is 16.5 Å². The first-order valence-electron chi connectivity index (χ1n) is 8.47. The molecule has 0 fully saturated rings. The summed E-state index contributed by atoms with van der Waals surface area (Å²) in [7, 11) is 1.78. The van der Waals surface area contributed by atoms with Crippen molar-refractivity contribution in [1.82, 2.24) is 9.55 Å². The minimum atomic E-state index is -0.408. The van der Waals surface area contributed by atoms with Crippen molar-refractivity contribution in [3.63, 3.8) is 0 Å². The topological polar surface area (TPSA) is 64.4 Å². The molecular formula is C20H21N3O3S. The molecule has 2 heterocycles. The Labute approximate surface area is 162 Å². The first-order chi connectivity index (χ1) is 12.9. The quantitative estimate of drug-likeness (QED) is 0.621. The van der Waals surface area contributed by atoms with Crippen LogP contribution in [0.15, 0.2) is 41.9 Å². The van der Waals surface area contributed by atoms with Gasteiger partial charge in [-0.1, -0.05) is 6.07 Å². The lowest BCUT2D eigenvalue weighted by Crippen LogP contribution is -2.22. The Morgan fingerprint density at radius 3 is 2.63 bits per heavy atom. The summed E-state index contributed by atoms with van der Waals surface area (Å²) in [5.74, 6) is -0.533. The van der Waals surface area contributed by atoms with Crippen LogP contribution in [0.25, 0.3) is 0 Å². The normalized spacial score (nSPS) is 10.7. The number of thiazole rings is 1. The molecule has 0 atom stereocenters. The second kappa shape index (κ2) is 7.75. The maximum absolute atomic E-state index is 12.2. The Hall–Kier alpha value is -2.93. The predicted molar refractivity (Wildman–Crippen MR) is 105 cm³/mol. The Morgan fingerprint density at radius 2 is 2.00 bits per heavy atom. The number of aromatic nitrogens is 2. The average molecular weight is 383 g/mol. The number of amides is 1. The third kappa shape index (κ3) is 4.09. The van der Waals surface area contributed by atoms with E-state index >= 15 is 0 Å². The number of anilines is 2. The number of hydrogen-bond acceptors (Lipinski definition) is 5. The molecule has 0 spiro atoms. The van der Waals surface area contributed by atoms with Crippen LogP contribution in [0.2, 0.25) is 0 Å². The van der Waals surface area contributed by atoms with Crippen LogP contribution in [0.3, 0.4) is 0 Å². The average Bonchev–Trinajstić information content (AvgIpc) is 3.25. The van der Waals surface area contributed by atoms with Gasteiger partial charge in [-0.25, -0.2) is 9.78 Å². The van der Waals surface area contributed by atoms with E-state index in [4.69, 9.17) is 4.74 Å². The summed E-state index contributed by atoms with van der Waals surface area (Å²) in [6.45, 7) is 5.60. The zero-order valence-electron chi connectivity index (χ0n) is 15.7. The van der Waals surface area contributed by atoms with Gasteiger partial charge in [0.15, 0.2) is 5.13 Å². The fourth-order valence-electron chi connectivity index (χ4n) is 2.64. The lowest BCUT2D eigenvalue weighted by Gasteiger charge is -2.19. The summed E-state index contributed by atoms with van der Waals surface area (Å²) in [6, 6.07) is 9.34. The van der Waals surface area contributed by atoms with E-state index < -0.39 is 5.97 Å². The molecule has 0 aliphatic heterocycles. The number of carbonyl (C=O) groups excluding carboxylic acids is 2. The van der Waals surface area contributed by atoms with E-state index in [1.807, 2.05) is 32.0 Å². The molecule has 0 aliphatic rings. The van der Waals surface area contributed by atoms with Gasteiger partial charge in [0.25, 0.3) is 0 Å². The maximum Gasteiger partial charge on any atom is 0.355 e. The van der Waals surface area contributed by atoms with Crippen molar-refractivity contribution in [3.05, 3.63) is 64.4 Å². The zero-order chi connectivity index (χ0) is 19.6. The Morgan fingerprint density at radius 1 is 1.22 bits per heavy atom. The summed E-state index contributed by atoms with van der Waals surface area (Å²) in [5, 5.41) is 2.35. The van der Waals surface area contributed by atoms with Crippen LogP contribution >= 0.6 is 11.3 Å². The molecule has 1 aromatic carbocycles. The fourth-order valence-corrected chi connectivity index (χ4v) is 3.52. The van der Waals surface area contributed by atoms with Crippen LogP contribution < -0.4 is 4.90 Å². The van der Waals surface area contributed by atoms with Crippen molar-refractivity contribution >= 4 is 34.0 Å². The van der Waals surface area contributed by atoms with E-state index in [9.17, 15) is 9.59 Å². The molecule has 0 aliphatic carbocycles. The molecular weight excluding hydrogens is 362 g/mol. The van der Waals surface area contributed by atoms with Gasteiger partial charge in [0, 0.05) is 25.5 Å². The smallest absolute Gasteiger partial charge is 0.355 e. The van der Waals surface area contributed by atoms with Crippen LogP contribution in [0.1, 0.15) is 34.2 Å². The first kappa shape index (κ1) is 18.8. The number of nitrogens with zero attached hydrogens (tertiary/aromatic N) is 3. The highest BCUT2D eigenvalue weighted by atomic mass is 32.1. The molecule has 27 heavy (non-hydrogen) atoms. The fraction of sp³-hybridized carbons (Fsp3) is 0.250. The van der Waals surface area contributed by atoms with Crippen LogP contribution in [0, 0.1) is 13.8 Å². The molecule has 6 nitrogen and oxygen atoms in total. The van der Waals surface area contributed by atoms with E-state index in [-0.39, 0.29) is 12.5 Å². The van der Waals surface area contributed by atoms with Gasteiger partial charge in [0.2, 0.25) is 5.91 Å². The minimum Gasteiger partial charge on any atom is -0.454 e. The molecule has 2 aromatic heterocycles. The number of carbonyl (C=O) groups is 2. The van der Waals surface area contributed by atoms with Gasteiger partial charge in [-0.05, 0) is 49.2 Å². The lowest BCUT2D eigenvalue weighted by molar-refractivity contribution is -0.115. The van der Waals surface area contributed by atoms with Crippen LogP contribution in [0.4, 0.5) is 10.8 Å². The van der Waals surface area contributed by atoms with Gasteiger partial charge in [-0.2, -0.15) is 0 Å². The molecule has 0 unspecified atom stereocenters. The summed E-state index contributed by atoms with van der Waals surface area (Å²) < 4.78 is 7.03. The number of ether oxygens (including phenoxy) is 1. The highest BCUT2D eigenvalue weighted by molar-refractivity contribution is 7.14. The molecule has 0 N–H and O–H groups in total. The Bertz CT molecular complexity index is 990. The van der Waals surface area contributed by atoms with Crippen molar-refractivity contribution in [1.29, 1.82) is 0 Å². The van der Waals surface area contributed by atoms with Gasteiger partial charge >= 0.3 is 5.97 Å².